The third-order valence-corrected chi connectivity index (χ3v) is 6.79. The highest BCUT2D eigenvalue weighted by atomic mass is 32.2. The van der Waals surface area contributed by atoms with E-state index in [2.05, 4.69) is 20.7 Å². The largest absolute Gasteiger partial charge is 0.493 e. The van der Waals surface area contributed by atoms with E-state index in [9.17, 15) is 23.6 Å². The number of aliphatic hydroxyl groups is 1. The highest BCUT2D eigenvalue weighted by Crippen LogP contribution is 2.37. The van der Waals surface area contributed by atoms with Crippen molar-refractivity contribution in [3.63, 3.8) is 0 Å². The van der Waals surface area contributed by atoms with E-state index in [0.717, 1.165) is 5.39 Å². The van der Waals surface area contributed by atoms with Gasteiger partial charge in [-0.05, 0) is 33.3 Å². The van der Waals surface area contributed by atoms with Crippen molar-refractivity contribution in [3.05, 3.63) is 23.9 Å². The Hall–Kier alpha value is -3.38. The first kappa shape index (κ1) is 29.2. The van der Waals surface area contributed by atoms with E-state index in [-0.39, 0.29) is 6.54 Å². The minimum atomic E-state index is -4.23. The van der Waals surface area contributed by atoms with Gasteiger partial charge in [-0.2, -0.15) is 18.4 Å². The van der Waals surface area contributed by atoms with Gasteiger partial charge >= 0.3 is 16.3 Å². The van der Waals surface area contributed by atoms with Gasteiger partial charge in [0.1, 0.15) is 17.9 Å². The number of methoxy groups -OCH3 is 2. The zero-order chi connectivity index (χ0) is 28.1. The van der Waals surface area contributed by atoms with Crippen LogP contribution in [0.3, 0.4) is 0 Å². The molecule has 0 radical (unpaired) electrons. The summed E-state index contributed by atoms with van der Waals surface area (Å²) in [4.78, 5) is 20.0. The first-order valence-corrected chi connectivity index (χ1v) is 13.5. The molecule has 3 N–H and O–H groups in total. The van der Waals surface area contributed by atoms with Crippen molar-refractivity contribution in [3.8, 4) is 17.6 Å². The molecule has 38 heavy (non-hydrogen) atoms. The summed E-state index contributed by atoms with van der Waals surface area (Å²) in [5, 5.41) is 21.2. The number of carbonyl (C=O) groups excluding carboxylic acids is 1. The molecule has 1 amide bonds. The lowest BCUT2D eigenvalue weighted by molar-refractivity contribution is 0.0130. The lowest BCUT2D eigenvalue weighted by atomic mass is 10.1. The number of benzene rings is 1. The molecule has 1 fully saturated rings. The number of carbonyl (C=O) groups is 1. The lowest BCUT2D eigenvalue weighted by Gasteiger charge is -2.28. The van der Waals surface area contributed by atoms with Crippen LogP contribution in [-0.4, -0.2) is 88.3 Å². The van der Waals surface area contributed by atoms with Gasteiger partial charge in [-0.25, -0.2) is 9.52 Å². The average Bonchev–Trinajstić information content (AvgIpc) is 3.10. The SMILES string of the molecule is COc1cc2ncc(C#N)c(N3CCCN(C(O)CNS(=O)(=O)NC(=O)OC(C)(C)C)CC3)c2cc1OC. The summed E-state index contributed by atoms with van der Waals surface area (Å²) in [6, 6.07) is 5.76. The van der Waals surface area contributed by atoms with Crippen LogP contribution < -0.4 is 23.8 Å². The quantitative estimate of drug-likeness (QED) is 0.434. The molecule has 0 saturated carbocycles. The van der Waals surface area contributed by atoms with Crippen LogP contribution in [-0.2, 0) is 14.9 Å². The van der Waals surface area contributed by atoms with Gasteiger partial charge in [-0.15, -0.1) is 0 Å². The number of nitrogens with one attached hydrogen (secondary N) is 2. The fourth-order valence-corrected chi connectivity index (χ4v) is 4.85. The molecule has 3 rings (SSSR count). The van der Waals surface area contributed by atoms with E-state index < -0.39 is 28.1 Å². The van der Waals surface area contributed by atoms with Gasteiger partial charge < -0.3 is 24.2 Å². The number of aliphatic hydroxyl groups excluding tert-OH is 1. The highest BCUT2D eigenvalue weighted by Gasteiger charge is 2.26. The van der Waals surface area contributed by atoms with Crippen LogP contribution in [0, 0.1) is 11.3 Å². The summed E-state index contributed by atoms with van der Waals surface area (Å²) in [7, 11) is -1.16. The van der Waals surface area contributed by atoms with Crippen molar-refractivity contribution in [1.29, 1.82) is 5.26 Å². The van der Waals surface area contributed by atoms with Crippen LogP contribution >= 0.6 is 0 Å². The molecule has 0 spiro atoms. The molecule has 1 aliphatic heterocycles. The Kier molecular flexibility index (Phi) is 9.21. The third kappa shape index (κ3) is 7.35. The zero-order valence-electron chi connectivity index (χ0n) is 22.1. The number of anilines is 1. The molecular formula is C24H34N6O7S. The van der Waals surface area contributed by atoms with Gasteiger partial charge in [0.15, 0.2) is 11.5 Å². The number of nitriles is 1. The lowest BCUT2D eigenvalue weighted by Crippen LogP contribution is -2.49. The van der Waals surface area contributed by atoms with Gasteiger partial charge in [0.25, 0.3) is 0 Å². The Labute approximate surface area is 222 Å². The molecule has 1 aromatic heterocycles. The number of hydrogen-bond donors (Lipinski definition) is 3. The Morgan fingerprint density at radius 2 is 1.87 bits per heavy atom. The minimum absolute atomic E-state index is 0.337. The van der Waals surface area contributed by atoms with Crippen LogP contribution in [0.1, 0.15) is 32.8 Å². The van der Waals surface area contributed by atoms with Crippen LogP contribution in [0.5, 0.6) is 11.5 Å². The van der Waals surface area contributed by atoms with Gasteiger partial charge in [0.2, 0.25) is 0 Å². The van der Waals surface area contributed by atoms with Crippen LogP contribution in [0.25, 0.3) is 10.9 Å². The van der Waals surface area contributed by atoms with E-state index in [1.807, 2.05) is 0 Å². The standard InChI is InChI=1S/C24H34N6O7S/c1-24(2,3)37-23(32)28-38(33,34)27-15-21(31)29-7-6-8-30(10-9-29)22-16(13-25)14-26-18-12-20(36-5)19(35-4)11-17(18)22/h11-12,14,21,27,31H,6-10,15H2,1-5H3,(H,28,32). The molecule has 1 aliphatic rings. The van der Waals surface area contributed by atoms with Crippen LogP contribution in [0.4, 0.5) is 10.5 Å². The van der Waals surface area contributed by atoms with E-state index in [1.165, 1.54) is 20.4 Å². The maximum atomic E-state index is 12.2. The van der Waals surface area contributed by atoms with Crippen molar-refractivity contribution in [1.82, 2.24) is 19.3 Å². The molecule has 1 atom stereocenters. The molecule has 1 saturated heterocycles. The minimum Gasteiger partial charge on any atom is -0.493 e. The number of aromatic nitrogens is 1. The van der Waals surface area contributed by atoms with Gasteiger partial charge in [-0.1, -0.05) is 0 Å². The molecule has 2 heterocycles. The van der Waals surface area contributed by atoms with Gasteiger partial charge in [0.05, 0.1) is 37.5 Å². The normalized spacial score (nSPS) is 15.9. The van der Waals surface area contributed by atoms with Gasteiger partial charge in [0, 0.05) is 43.8 Å². The maximum absolute atomic E-state index is 12.2. The van der Waals surface area contributed by atoms with E-state index >= 15 is 0 Å². The number of pyridine rings is 1. The molecule has 13 nitrogen and oxygen atoms in total. The Morgan fingerprint density at radius 3 is 2.50 bits per heavy atom. The number of amides is 1. The number of ether oxygens (including phenoxy) is 3. The number of fused-ring (bicyclic) bond motifs is 1. The van der Waals surface area contributed by atoms with Crippen molar-refractivity contribution in [2.45, 2.75) is 39.0 Å². The molecule has 1 aromatic carbocycles. The second kappa shape index (κ2) is 12.0. The Bertz CT molecular complexity index is 1310. The van der Waals surface area contributed by atoms with Crippen molar-refractivity contribution in [2.24, 2.45) is 0 Å². The van der Waals surface area contributed by atoms with Gasteiger partial charge in [-0.3, -0.25) is 9.88 Å². The number of hydrogen-bond acceptors (Lipinski definition) is 11. The van der Waals surface area contributed by atoms with E-state index in [0.29, 0.717) is 60.9 Å². The molecule has 2 aromatic rings. The van der Waals surface area contributed by atoms with Crippen molar-refractivity contribution in [2.75, 3.05) is 51.8 Å². The highest BCUT2D eigenvalue weighted by molar-refractivity contribution is 7.88. The average molecular weight is 551 g/mol. The maximum Gasteiger partial charge on any atom is 0.422 e. The molecule has 1 unspecified atom stereocenters. The predicted molar refractivity (Wildman–Crippen MR) is 140 cm³/mol. The van der Waals surface area contributed by atoms with Crippen LogP contribution in [0.15, 0.2) is 18.3 Å². The zero-order valence-corrected chi connectivity index (χ0v) is 23.0. The monoisotopic (exact) mass is 550 g/mol. The molecule has 208 valence electrons. The molecule has 0 aliphatic carbocycles. The molecular weight excluding hydrogens is 516 g/mol. The first-order valence-electron chi connectivity index (χ1n) is 12.0. The summed E-state index contributed by atoms with van der Waals surface area (Å²) < 4.78 is 44.1. The summed E-state index contributed by atoms with van der Waals surface area (Å²) >= 11 is 0. The third-order valence-electron chi connectivity index (χ3n) is 5.81. The van der Waals surface area contributed by atoms with Crippen LogP contribution in [0.2, 0.25) is 0 Å². The Balaban J connectivity index is 1.71. The Morgan fingerprint density at radius 1 is 1.18 bits per heavy atom. The summed E-state index contributed by atoms with van der Waals surface area (Å²) in [5.41, 5.74) is 0.890. The first-order chi connectivity index (χ1) is 17.9. The second-order valence-corrected chi connectivity index (χ2v) is 11.2. The number of rotatable bonds is 8. The molecule has 0 bridgehead atoms. The topological polar surface area (TPSA) is 166 Å². The molecule has 14 heteroatoms. The smallest absolute Gasteiger partial charge is 0.422 e. The van der Waals surface area contributed by atoms with E-state index in [4.69, 9.17) is 14.2 Å². The fraction of sp³-hybridized carbons (Fsp3) is 0.542. The van der Waals surface area contributed by atoms with Crippen molar-refractivity contribution < 1.29 is 32.5 Å². The number of nitrogens with zero attached hydrogens (tertiary/aromatic N) is 4. The second-order valence-electron chi connectivity index (χ2n) is 9.67. The fourth-order valence-electron chi connectivity index (χ4n) is 4.14. The van der Waals surface area contributed by atoms with E-state index in [1.54, 1.807) is 42.5 Å². The summed E-state index contributed by atoms with van der Waals surface area (Å²) in [6.07, 6.45) is -0.0914. The van der Waals surface area contributed by atoms with Crippen molar-refractivity contribution >= 4 is 32.9 Å². The summed E-state index contributed by atoms with van der Waals surface area (Å²) in [6.45, 7) is 6.43. The summed E-state index contributed by atoms with van der Waals surface area (Å²) in [5.74, 6) is 1.04. The predicted octanol–water partition coefficient (Wildman–Crippen LogP) is 1.31.